The van der Waals surface area contributed by atoms with Gasteiger partial charge in [0, 0.05) is 0 Å². The summed E-state index contributed by atoms with van der Waals surface area (Å²) in [4.78, 5) is 0. The fourth-order valence-corrected chi connectivity index (χ4v) is 0. The minimum Gasteiger partial charge on any atom is -1.00 e. The van der Waals surface area contributed by atoms with Crippen molar-refractivity contribution in [3.05, 3.63) is 0 Å². The number of hydrogen-bond acceptors (Lipinski definition) is 0. The normalized spacial score (nSPS) is 0. The van der Waals surface area contributed by atoms with Crippen LogP contribution in [0.4, 0.5) is 0 Å². The summed E-state index contributed by atoms with van der Waals surface area (Å²) >= 11 is 0. The molecule has 0 saturated carbocycles. The average Bonchev–Trinajstić information content (AvgIpc) is 0. The Hall–Kier alpha value is 3.64. The third-order valence-corrected chi connectivity index (χ3v) is 0. The summed E-state index contributed by atoms with van der Waals surface area (Å²) in [6.45, 7) is 0. The Morgan fingerprint density at radius 1 is 0.750 bits per heavy atom. The third kappa shape index (κ3) is 9.17. The Kier molecular flexibility index (Phi) is 101. The van der Waals surface area contributed by atoms with Gasteiger partial charge in [0.2, 0.25) is 0 Å². The fourth-order valence-electron chi connectivity index (χ4n) is 0. The Morgan fingerprint density at radius 2 is 0.750 bits per heavy atom. The standard InChI is InChI=1S/Eu.2HI.Li/h;2*1H;/q+3;;;+1/p-2. The Labute approximate surface area is 113 Å². The Morgan fingerprint density at radius 3 is 0.750 bits per heavy atom. The van der Waals surface area contributed by atoms with Crippen LogP contribution in [0, 0.1) is 49.4 Å². The molecule has 0 aliphatic rings. The van der Waals surface area contributed by atoms with Crippen LogP contribution in [-0.4, -0.2) is 0 Å². The second-order valence-corrected chi connectivity index (χ2v) is 0. The summed E-state index contributed by atoms with van der Waals surface area (Å²) in [6, 6.07) is 0. The van der Waals surface area contributed by atoms with Gasteiger partial charge in [-0.3, -0.25) is 0 Å². The molecule has 0 nitrogen and oxygen atoms in total. The minimum atomic E-state index is 0. The smallest absolute Gasteiger partial charge is 1.00 e. The zero-order valence-corrected chi connectivity index (χ0v) is 8.87. The van der Waals surface area contributed by atoms with Crippen molar-refractivity contribution >= 4 is 0 Å². The van der Waals surface area contributed by atoms with Crippen molar-refractivity contribution < 1.29 is 116 Å². The maximum Gasteiger partial charge on any atom is 3.00 e. The van der Waals surface area contributed by atoms with E-state index in [4.69, 9.17) is 0 Å². The summed E-state index contributed by atoms with van der Waals surface area (Å²) in [6.07, 6.45) is 0. The van der Waals surface area contributed by atoms with E-state index < -0.39 is 0 Å². The van der Waals surface area contributed by atoms with Crippen molar-refractivity contribution in [1.29, 1.82) is 0 Å². The number of hydrogen-bond donors (Lipinski definition) is 0. The number of rotatable bonds is 0. The van der Waals surface area contributed by atoms with Gasteiger partial charge in [0.05, 0.1) is 0 Å². The molecule has 0 spiro atoms. The van der Waals surface area contributed by atoms with Crippen LogP contribution < -0.4 is 66.8 Å². The van der Waals surface area contributed by atoms with Crippen LogP contribution in [0.15, 0.2) is 0 Å². The molecule has 0 bridgehead atoms. The Balaban J connectivity index is 0. The molecule has 0 amide bonds. The molecule has 0 atom stereocenters. The van der Waals surface area contributed by atoms with E-state index in [1.165, 1.54) is 0 Å². The Bertz CT molecular complexity index is 6.00. The van der Waals surface area contributed by atoms with Gasteiger partial charge >= 0.3 is 68.2 Å². The summed E-state index contributed by atoms with van der Waals surface area (Å²) in [5, 5.41) is 0. The van der Waals surface area contributed by atoms with Crippen molar-refractivity contribution in [2.75, 3.05) is 0 Å². The maximum atomic E-state index is 0. The van der Waals surface area contributed by atoms with Crippen LogP contribution in [0.1, 0.15) is 0 Å². The van der Waals surface area contributed by atoms with E-state index in [-0.39, 0.29) is 116 Å². The topological polar surface area (TPSA) is 0 Å². The van der Waals surface area contributed by atoms with Crippen LogP contribution >= 0.6 is 0 Å². The SMILES string of the molecule is [Eu+3].[I-].[I-].[Li+]. The third-order valence-electron chi connectivity index (χ3n) is 0. The molecule has 0 saturated heterocycles. The molecule has 0 aliphatic carbocycles. The van der Waals surface area contributed by atoms with E-state index in [9.17, 15) is 0 Å². The first kappa shape index (κ1) is 25.4. The molecule has 0 aliphatic heterocycles. The van der Waals surface area contributed by atoms with Gasteiger partial charge < -0.3 is 48.0 Å². The van der Waals surface area contributed by atoms with Gasteiger partial charge in [0.15, 0.2) is 0 Å². The summed E-state index contributed by atoms with van der Waals surface area (Å²) in [5.74, 6) is 0. The molecule has 4 heavy (non-hydrogen) atoms. The summed E-state index contributed by atoms with van der Waals surface area (Å²) < 4.78 is 0. The molecule has 0 aromatic heterocycles. The van der Waals surface area contributed by atoms with E-state index in [2.05, 4.69) is 0 Å². The maximum absolute atomic E-state index is 0. The van der Waals surface area contributed by atoms with Gasteiger partial charge in [-0.25, -0.2) is 0 Å². The molecular weight excluding hydrogens is 413 g/mol. The second-order valence-electron chi connectivity index (χ2n) is 0. The van der Waals surface area contributed by atoms with Crippen LogP contribution in [0.25, 0.3) is 0 Å². The average molecular weight is 413 g/mol. The molecule has 0 N–H and O–H groups in total. The van der Waals surface area contributed by atoms with E-state index in [0.29, 0.717) is 0 Å². The molecule has 20 valence electrons. The molecule has 4 heteroatoms. The first-order valence-electron chi connectivity index (χ1n) is 0. The van der Waals surface area contributed by atoms with E-state index in [0.717, 1.165) is 0 Å². The van der Waals surface area contributed by atoms with E-state index >= 15 is 0 Å². The minimum absolute atomic E-state index is 0. The van der Waals surface area contributed by atoms with Gasteiger partial charge in [-0.15, -0.1) is 0 Å². The van der Waals surface area contributed by atoms with Crippen LogP contribution in [0.3, 0.4) is 0 Å². The fraction of sp³-hybridized carbons (Fsp3) is 0. The zero-order valence-electron chi connectivity index (χ0n) is 2.13. The summed E-state index contributed by atoms with van der Waals surface area (Å²) in [5.41, 5.74) is 0. The largest absolute Gasteiger partial charge is 3.00 e. The molecule has 0 radical (unpaired) electrons. The van der Waals surface area contributed by atoms with Crippen molar-refractivity contribution in [3.63, 3.8) is 0 Å². The molecule has 0 aromatic carbocycles. The predicted octanol–water partition coefficient (Wildman–Crippen LogP) is -8.99. The first-order valence-corrected chi connectivity index (χ1v) is 0. The van der Waals surface area contributed by atoms with Crippen LogP contribution in [0.5, 0.6) is 0 Å². The van der Waals surface area contributed by atoms with E-state index in [1.807, 2.05) is 0 Å². The van der Waals surface area contributed by atoms with Gasteiger partial charge in [-0.05, 0) is 0 Å². The first-order chi connectivity index (χ1) is 0. The van der Waals surface area contributed by atoms with Crippen molar-refractivity contribution in [2.45, 2.75) is 0 Å². The van der Waals surface area contributed by atoms with Crippen LogP contribution in [-0.2, 0) is 0 Å². The molecule has 0 unspecified atom stereocenters. The van der Waals surface area contributed by atoms with E-state index in [1.54, 1.807) is 0 Å². The molecule has 0 fully saturated rings. The summed E-state index contributed by atoms with van der Waals surface area (Å²) in [7, 11) is 0. The quantitative estimate of drug-likeness (QED) is 0.274. The van der Waals surface area contributed by atoms with Gasteiger partial charge in [-0.2, -0.15) is 0 Å². The molecule has 0 heterocycles. The van der Waals surface area contributed by atoms with Gasteiger partial charge in [-0.1, -0.05) is 0 Å². The zero-order chi connectivity index (χ0) is 0. The van der Waals surface area contributed by atoms with Gasteiger partial charge in [0.1, 0.15) is 0 Å². The number of halogens is 2. The second kappa shape index (κ2) is 15.9. The van der Waals surface area contributed by atoms with Gasteiger partial charge in [0.25, 0.3) is 0 Å². The van der Waals surface area contributed by atoms with Crippen molar-refractivity contribution in [2.24, 2.45) is 0 Å². The molecule has 0 rings (SSSR count). The molecular formula is EuI2Li+2. The van der Waals surface area contributed by atoms with Crippen molar-refractivity contribution in [1.82, 2.24) is 0 Å². The molecule has 0 aromatic rings. The monoisotopic (exact) mass is 414 g/mol. The predicted molar refractivity (Wildman–Crippen MR) is 0 cm³/mol. The van der Waals surface area contributed by atoms with Crippen LogP contribution in [0.2, 0.25) is 0 Å². The van der Waals surface area contributed by atoms with Crippen molar-refractivity contribution in [3.8, 4) is 0 Å².